The molecule has 0 spiro atoms. The van der Waals surface area contributed by atoms with E-state index in [4.69, 9.17) is 9.47 Å². The number of hydrogen-bond donors (Lipinski definition) is 1. The molecular formula is C25H28N2O3S. The zero-order chi connectivity index (χ0) is 22.9. The molecule has 162 valence electrons. The lowest BCUT2D eigenvalue weighted by atomic mass is 10.2. The van der Waals surface area contributed by atoms with Crippen LogP contribution in [0.1, 0.15) is 22.8 Å². The average molecular weight is 437 g/mol. The van der Waals surface area contributed by atoms with Crippen molar-refractivity contribution >= 4 is 24.8 Å². The number of benzene rings is 1. The molecule has 0 amide bonds. The van der Waals surface area contributed by atoms with E-state index in [1.807, 2.05) is 12.3 Å². The Kier molecular flexibility index (Phi) is 12.8. The molecule has 0 aliphatic rings. The van der Waals surface area contributed by atoms with E-state index >= 15 is 0 Å². The van der Waals surface area contributed by atoms with E-state index < -0.39 is 0 Å². The number of thiol groups is 1. The van der Waals surface area contributed by atoms with Gasteiger partial charge in [-0.25, -0.2) is 4.99 Å². The first-order chi connectivity index (χ1) is 15.0. The molecule has 31 heavy (non-hydrogen) atoms. The highest BCUT2D eigenvalue weighted by Gasteiger charge is 2.05. The molecule has 1 aromatic heterocycles. The van der Waals surface area contributed by atoms with Crippen LogP contribution in [0.25, 0.3) is 0 Å². The number of aryl methyl sites for hydroxylation is 1. The van der Waals surface area contributed by atoms with Crippen molar-refractivity contribution in [1.82, 2.24) is 4.98 Å². The predicted octanol–water partition coefficient (Wildman–Crippen LogP) is 5.64. The fraction of sp³-hybridized carbons (Fsp3) is 0.160. The molecule has 6 heteroatoms. The SMILES string of the molecule is C=C/C=C\C(=C)C(=NC(=C)COc1ccc(C=O)cc1)OCS.CCc1cccnc1. The van der Waals surface area contributed by atoms with Crippen molar-refractivity contribution in [2.24, 2.45) is 4.99 Å². The van der Waals surface area contributed by atoms with Crippen LogP contribution in [0, 0.1) is 0 Å². The minimum Gasteiger partial charge on any atom is -0.487 e. The molecule has 0 aliphatic carbocycles. The third-order valence-electron chi connectivity index (χ3n) is 3.72. The molecule has 2 aromatic rings. The molecule has 0 fully saturated rings. The molecule has 0 radical (unpaired) electrons. The normalized spacial score (nSPS) is 10.6. The highest BCUT2D eigenvalue weighted by atomic mass is 32.1. The molecule has 1 heterocycles. The topological polar surface area (TPSA) is 60.8 Å². The predicted molar refractivity (Wildman–Crippen MR) is 131 cm³/mol. The Morgan fingerprint density at radius 3 is 2.48 bits per heavy atom. The number of aliphatic imine (C=N–C) groups is 1. The summed E-state index contributed by atoms with van der Waals surface area (Å²) in [7, 11) is 0. The van der Waals surface area contributed by atoms with E-state index in [9.17, 15) is 4.79 Å². The summed E-state index contributed by atoms with van der Waals surface area (Å²) in [6.07, 6.45) is 10.6. The van der Waals surface area contributed by atoms with Gasteiger partial charge in [0, 0.05) is 23.5 Å². The van der Waals surface area contributed by atoms with Gasteiger partial charge in [-0.3, -0.25) is 9.78 Å². The van der Waals surface area contributed by atoms with E-state index in [1.54, 1.807) is 48.7 Å². The maximum Gasteiger partial charge on any atom is 0.221 e. The second-order valence-electron chi connectivity index (χ2n) is 6.07. The molecule has 0 atom stereocenters. The fourth-order valence-electron chi connectivity index (χ4n) is 2.11. The van der Waals surface area contributed by atoms with E-state index in [0.717, 1.165) is 12.7 Å². The molecule has 0 saturated carbocycles. The molecule has 0 bridgehead atoms. The third-order valence-corrected chi connectivity index (χ3v) is 3.85. The zero-order valence-corrected chi connectivity index (χ0v) is 18.6. The number of hydrogen-bond acceptors (Lipinski definition) is 6. The first-order valence-electron chi connectivity index (χ1n) is 9.59. The minimum absolute atomic E-state index is 0.168. The van der Waals surface area contributed by atoms with Gasteiger partial charge in [-0.1, -0.05) is 51.0 Å². The highest BCUT2D eigenvalue weighted by molar-refractivity contribution is 7.80. The molecular weight excluding hydrogens is 408 g/mol. The Bertz CT molecular complexity index is 904. The molecule has 1 aromatic carbocycles. The van der Waals surface area contributed by atoms with Gasteiger partial charge in [0.2, 0.25) is 5.90 Å². The van der Waals surface area contributed by atoms with Crippen molar-refractivity contribution < 1.29 is 14.3 Å². The van der Waals surface area contributed by atoms with Gasteiger partial charge in [-0.2, -0.15) is 0 Å². The molecule has 2 rings (SSSR count). The number of pyridine rings is 1. The summed E-state index contributed by atoms with van der Waals surface area (Å²) in [5.41, 5.74) is 2.93. The first-order valence-corrected chi connectivity index (χ1v) is 10.2. The average Bonchev–Trinajstić information content (AvgIpc) is 2.82. The number of carbonyl (C=O) groups excluding carboxylic acids is 1. The van der Waals surface area contributed by atoms with Gasteiger partial charge >= 0.3 is 0 Å². The van der Waals surface area contributed by atoms with E-state index in [1.165, 1.54) is 5.56 Å². The van der Waals surface area contributed by atoms with Crippen molar-refractivity contribution in [3.8, 4) is 5.75 Å². The van der Waals surface area contributed by atoms with Crippen LogP contribution < -0.4 is 4.74 Å². The number of allylic oxidation sites excluding steroid dienone is 2. The summed E-state index contributed by atoms with van der Waals surface area (Å²) in [5.74, 6) is 1.11. The first kappa shape index (κ1) is 25.7. The van der Waals surface area contributed by atoms with Gasteiger partial charge in [0.05, 0.1) is 5.70 Å². The number of rotatable bonds is 10. The van der Waals surface area contributed by atoms with Crippen molar-refractivity contribution in [2.75, 3.05) is 12.5 Å². The smallest absolute Gasteiger partial charge is 0.221 e. The van der Waals surface area contributed by atoms with Crippen LogP contribution in [0.2, 0.25) is 0 Å². The monoisotopic (exact) mass is 436 g/mol. The van der Waals surface area contributed by atoms with Crippen LogP contribution in [-0.2, 0) is 11.2 Å². The van der Waals surface area contributed by atoms with Crippen molar-refractivity contribution in [1.29, 1.82) is 0 Å². The third kappa shape index (κ3) is 10.8. The summed E-state index contributed by atoms with van der Waals surface area (Å²) in [5, 5.41) is 0. The Hall–Kier alpha value is -3.38. The summed E-state index contributed by atoms with van der Waals surface area (Å²) in [4.78, 5) is 18.8. The van der Waals surface area contributed by atoms with Crippen molar-refractivity contribution in [2.45, 2.75) is 13.3 Å². The molecule has 0 saturated heterocycles. The van der Waals surface area contributed by atoms with Crippen LogP contribution in [0.3, 0.4) is 0 Å². The number of aromatic nitrogens is 1. The van der Waals surface area contributed by atoms with Crippen LogP contribution in [-0.4, -0.2) is 29.7 Å². The van der Waals surface area contributed by atoms with Crippen LogP contribution in [0.5, 0.6) is 5.75 Å². The Morgan fingerprint density at radius 2 is 1.97 bits per heavy atom. The summed E-state index contributed by atoms with van der Waals surface area (Å²) in [6.45, 7) is 13.6. The van der Waals surface area contributed by atoms with Crippen molar-refractivity contribution in [3.05, 3.63) is 109 Å². The molecule has 0 N–H and O–H groups in total. The quantitative estimate of drug-likeness (QED) is 0.131. The van der Waals surface area contributed by atoms with E-state index in [-0.39, 0.29) is 12.5 Å². The molecule has 0 unspecified atom stereocenters. The molecule has 0 aliphatic heterocycles. The maximum atomic E-state index is 10.6. The highest BCUT2D eigenvalue weighted by Crippen LogP contribution is 2.13. The standard InChI is InChI=1S/C18H19NO3S.C7H9N/c1-4-5-6-14(2)18(22-13-23)19-15(3)12-21-17-9-7-16(11-20)8-10-17;1-2-7-4-3-5-8-6-7/h4-11,23H,1-3,12-13H2;3-6H,2H2,1H3/b6-5-,19-18?;. The number of ether oxygens (including phenoxy) is 2. The van der Waals surface area contributed by atoms with Gasteiger partial charge in [-0.05, 0) is 42.3 Å². The van der Waals surface area contributed by atoms with Gasteiger partial charge in [0.25, 0.3) is 0 Å². The van der Waals surface area contributed by atoms with Gasteiger partial charge in [0.1, 0.15) is 24.6 Å². The van der Waals surface area contributed by atoms with Crippen molar-refractivity contribution in [3.63, 3.8) is 0 Å². The Morgan fingerprint density at radius 1 is 1.23 bits per heavy atom. The van der Waals surface area contributed by atoms with Gasteiger partial charge in [-0.15, -0.1) is 12.6 Å². The van der Waals surface area contributed by atoms with Crippen LogP contribution in [0.4, 0.5) is 0 Å². The Balaban J connectivity index is 0.000000500. The summed E-state index contributed by atoms with van der Waals surface area (Å²) >= 11 is 4.02. The maximum absolute atomic E-state index is 10.6. The number of nitrogens with zero attached hydrogens (tertiary/aromatic N) is 2. The zero-order valence-electron chi connectivity index (χ0n) is 17.7. The Labute approximate surface area is 190 Å². The second-order valence-corrected chi connectivity index (χ2v) is 6.33. The lowest BCUT2D eigenvalue weighted by Gasteiger charge is -2.09. The van der Waals surface area contributed by atoms with Gasteiger partial charge < -0.3 is 9.47 Å². The fourth-order valence-corrected chi connectivity index (χ4v) is 2.23. The lowest BCUT2D eigenvalue weighted by Crippen LogP contribution is -2.08. The summed E-state index contributed by atoms with van der Waals surface area (Å²) in [6, 6.07) is 10.8. The van der Waals surface area contributed by atoms with E-state index in [2.05, 4.69) is 55.3 Å². The van der Waals surface area contributed by atoms with Crippen LogP contribution in [0.15, 0.2) is 103 Å². The van der Waals surface area contributed by atoms with Gasteiger partial charge in [0.15, 0.2) is 0 Å². The lowest BCUT2D eigenvalue weighted by molar-refractivity contribution is 0.112. The largest absolute Gasteiger partial charge is 0.487 e. The number of aldehydes is 1. The van der Waals surface area contributed by atoms with Crippen LogP contribution >= 0.6 is 12.6 Å². The second kappa shape index (κ2) is 15.5. The van der Waals surface area contributed by atoms with E-state index in [0.29, 0.717) is 28.5 Å². The molecule has 5 nitrogen and oxygen atoms in total. The number of carbonyl (C=O) groups is 1. The minimum atomic E-state index is 0.168. The summed E-state index contributed by atoms with van der Waals surface area (Å²) < 4.78 is 10.9.